The van der Waals surface area contributed by atoms with Gasteiger partial charge in [0.25, 0.3) is 5.91 Å². The molecule has 0 unspecified atom stereocenters. The number of hydrogen-bond acceptors (Lipinski definition) is 3. The van der Waals surface area contributed by atoms with E-state index in [1.54, 1.807) is 35.6 Å². The van der Waals surface area contributed by atoms with Crippen LogP contribution in [0.5, 0.6) is 0 Å². The number of aryl methyl sites for hydroxylation is 1. The van der Waals surface area contributed by atoms with Crippen LogP contribution in [0.2, 0.25) is 0 Å². The molecular weight excluding hydrogens is 319 g/mol. The maximum Gasteiger partial charge on any atom is 0.260 e. The van der Waals surface area contributed by atoms with E-state index in [1.165, 1.54) is 12.1 Å². The van der Waals surface area contributed by atoms with Crippen LogP contribution < -0.4 is 4.90 Å². The predicted molar refractivity (Wildman–Crippen MR) is 94.0 cm³/mol. The molecule has 1 aliphatic rings. The zero-order chi connectivity index (χ0) is 17.4. The van der Waals surface area contributed by atoms with Crippen LogP contribution in [0.1, 0.15) is 36.0 Å². The van der Waals surface area contributed by atoms with Gasteiger partial charge in [0.15, 0.2) is 5.65 Å². The van der Waals surface area contributed by atoms with E-state index in [-0.39, 0.29) is 17.8 Å². The molecule has 0 saturated heterocycles. The third-order valence-corrected chi connectivity index (χ3v) is 4.81. The van der Waals surface area contributed by atoms with Gasteiger partial charge < -0.3 is 9.47 Å². The van der Waals surface area contributed by atoms with Crippen LogP contribution in [-0.2, 0) is 7.05 Å². The summed E-state index contributed by atoms with van der Waals surface area (Å²) in [7, 11) is 1.87. The van der Waals surface area contributed by atoms with Crippen molar-refractivity contribution in [2.24, 2.45) is 7.05 Å². The van der Waals surface area contributed by atoms with Gasteiger partial charge in [-0.05, 0) is 43.2 Å². The van der Waals surface area contributed by atoms with Crippen molar-refractivity contribution < 1.29 is 9.18 Å². The topological polar surface area (TPSA) is 51.0 Å². The van der Waals surface area contributed by atoms with E-state index in [0.29, 0.717) is 11.1 Å². The standard InChI is InChI=1S/C19H19FN4O/c1-23-12-22-17-10-13(11-21-18(17)23)19(25)24(15-4-2-3-5-15)16-8-6-14(20)7-9-16/h6-12,15H,2-5H2,1H3. The zero-order valence-corrected chi connectivity index (χ0v) is 14.0. The van der Waals surface area contributed by atoms with E-state index in [1.807, 2.05) is 11.6 Å². The van der Waals surface area contributed by atoms with Gasteiger partial charge in [-0.1, -0.05) is 12.8 Å². The number of anilines is 1. The highest BCUT2D eigenvalue weighted by atomic mass is 19.1. The molecule has 4 rings (SSSR count). The van der Waals surface area contributed by atoms with Gasteiger partial charge in [0.05, 0.1) is 11.9 Å². The number of halogens is 1. The van der Waals surface area contributed by atoms with Gasteiger partial charge >= 0.3 is 0 Å². The molecule has 1 aliphatic carbocycles. The van der Waals surface area contributed by atoms with Crippen LogP contribution in [0.15, 0.2) is 42.9 Å². The van der Waals surface area contributed by atoms with Gasteiger partial charge in [-0.3, -0.25) is 4.79 Å². The molecule has 2 heterocycles. The predicted octanol–water partition coefficient (Wildman–Crippen LogP) is 3.70. The second-order valence-electron chi connectivity index (χ2n) is 6.51. The van der Waals surface area contributed by atoms with E-state index in [9.17, 15) is 9.18 Å². The van der Waals surface area contributed by atoms with Gasteiger partial charge in [-0.15, -0.1) is 0 Å². The summed E-state index contributed by atoms with van der Waals surface area (Å²) < 4.78 is 15.1. The van der Waals surface area contributed by atoms with Crippen molar-refractivity contribution in [3.63, 3.8) is 0 Å². The second kappa shape index (κ2) is 6.27. The first-order valence-electron chi connectivity index (χ1n) is 8.50. The number of benzene rings is 1. The number of nitrogens with zero attached hydrogens (tertiary/aromatic N) is 4. The Bertz CT molecular complexity index is 913. The first-order chi connectivity index (χ1) is 12.1. The molecule has 6 heteroatoms. The van der Waals surface area contributed by atoms with Gasteiger partial charge in [0, 0.05) is 25.0 Å². The molecule has 0 atom stereocenters. The van der Waals surface area contributed by atoms with Crippen LogP contribution in [0.3, 0.4) is 0 Å². The average Bonchev–Trinajstić information content (AvgIpc) is 3.27. The van der Waals surface area contributed by atoms with Crippen molar-refractivity contribution in [1.82, 2.24) is 14.5 Å². The molecule has 0 bridgehead atoms. The maximum absolute atomic E-state index is 13.3. The molecule has 5 nitrogen and oxygen atoms in total. The van der Waals surface area contributed by atoms with Crippen molar-refractivity contribution in [3.8, 4) is 0 Å². The highest BCUT2D eigenvalue weighted by Crippen LogP contribution is 2.30. The number of imidazole rings is 1. The van der Waals surface area contributed by atoms with Gasteiger partial charge in [0.2, 0.25) is 0 Å². The molecule has 0 N–H and O–H groups in total. The number of amides is 1. The number of fused-ring (bicyclic) bond motifs is 1. The Morgan fingerprint density at radius 1 is 1.20 bits per heavy atom. The number of rotatable bonds is 3. The zero-order valence-electron chi connectivity index (χ0n) is 14.0. The van der Waals surface area contributed by atoms with Crippen LogP contribution in [0.4, 0.5) is 10.1 Å². The Hall–Kier alpha value is -2.76. The van der Waals surface area contributed by atoms with E-state index in [2.05, 4.69) is 9.97 Å². The fraction of sp³-hybridized carbons (Fsp3) is 0.316. The third-order valence-electron chi connectivity index (χ3n) is 4.81. The normalized spacial score (nSPS) is 15.0. The van der Waals surface area contributed by atoms with E-state index < -0.39 is 0 Å². The van der Waals surface area contributed by atoms with Crippen LogP contribution in [0.25, 0.3) is 11.2 Å². The molecule has 1 amide bonds. The lowest BCUT2D eigenvalue weighted by Gasteiger charge is -2.29. The molecule has 0 spiro atoms. The van der Waals surface area contributed by atoms with Crippen molar-refractivity contribution in [1.29, 1.82) is 0 Å². The molecule has 2 aromatic heterocycles. The lowest BCUT2D eigenvalue weighted by molar-refractivity contribution is 0.0976. The number of carbonyl (C=O) groups is 1. The molecule has 3 aromatic rings. The first kappa shape index (κ1) is 15.7. The van der Waals surface area contributed by atoms with E-state index in [4.69, 9.17) is 0 Å². The molecule has 0 radical (unpaired) electrons. The fourth-order valence-corrected chi connectivity index (χ4v) is 3.53. The highest BCUT2D eigenvalue weighted by molar-refractivity contribution is 6.07. The lowest BCUT2D eigenvalue weighted by Crippen LogP contribution is -2.39. The molecule has 1 fully saturated rings. The van der Waals surface area contributed by atoms with Crippen LogP contribution in [-0.4, -0.2) is 26.5 Å². The van der Waals surface area contributed by atoms with Crippen molar-refractivity contribution >= 4 is 22.8 Å². The summed E-state index contributed by atoms with van der Waals surface area (Å²) in [6, 6.07) is 8.03. The van der Waals surface area contributed by atoms with Crippen molar-refractivity contribution in [3.05, 3.63) is 54.2 Å². The lowest BCUT2D eigenvalue weighted by atomic mass is 10.1. The number of pyridine rings is 1. The summed E-state index contributed by atoms with van der Waals surface area (Å²) in [4.78, 5) is 23.7. The largest absolute Gasteiger partial charge is 0.318 e. The Kier molecular flexibility index (Phi) is 3.95. The van der Waals surface area contributed by atoms with Crippen LogP contribution in [0, 0.1) is 5.82 Å². The number of carbonyl (C=O) groups excluding carboxylic acids is 1. The second-order valence-corrected chi connectivity index (χ2v) is 6.51. The van der Waals surface area contributed by atoms with Gasteiger partial charge in [0.1, 0.15) is 11.3 Å². The molecular formula is C19H19FN4O. The van der Waals surface area contributed by atoms with Crippen molar-refractivity contribution in [2.75, 3.05) is 4.90 Å². The maximum atomic E-state index is 13.3. The Morgan fingerprint density at radius 2 is 1.92 bits per heavy atom. The van der Waals surface area contributed by atoms with Crippen LogP contribution >= 0.6 is 0 Å². The third kappa shape index (κ3) is 2.88. The summed E-state index contributed by atoms with van der Waals surface area (Å²) in [5, 5.41) is 0. The summed E-state index contributed by atoms with van der Waals surface area (Å²) in [6.45, 7) is 0. The molecule has 1 aromatic carbocycles. The molecule has 25 heavy (non-hydrogen) atoms. The highest BCUT2D eigenvalue weighted by Gasteiger charge is 2.29. The smallest absolute Gasteiger partial charge is 0.260 e. The number of aromatic nitrogens is 3. The summed E-state index contributed by atoms with van der Waals surface area (Å²) in [5.74, 6) is -0.419. The summed E-state index contributed by atoms with van der Waals surface area (Å²) in [6.07, 6.45) is 7.41. The molecule has 1 saturated carbocycles. The fourth-order valence-electron chi connectivity index (χ4n) is 3.53. The minimum absolute atomic E-state index is 0.112. The summed E-state index contributed by atoms with van der Waals surface area (Å²) in [5.41, 5.74) is 2.66. The minimum atomic E-state index is -0.306. The monoisotopic (exact) mass is 338 g/mol. The molecule has 128 valence electrons. The van der Waals surface area contributed by atoms with Gasteiger partial charge in [-0.25, -0.2) is 14.4 Å². The Labute approximate surface area is 145 Å². The first-order valence-corrected chi connectivity index (χ1v) is 8.50. The molecule has 0 aliphatic heterocycles. The Morgan fingerprint density at radius 3 is 2.64 bits per heavy atom. The number of hydrogen-bond donors (Lipinski definition) is 0. The Balaban J connectivity index is 1.74. The van der Waals surface area contributed by atoms with Gasteiger partial charge in [-0.2, -0.15) is 0 Å². The van der Waals surface area contributed by atoms with Crippen molar-refractivity contribution in [2.45, 2.75) is 31.7 Å². The van der Waals surface area contributed by atoms with E-state index in [0.717, 1.165) is 37.0 Å². The quantitative estimate of drug-likeness (QED) is 0.732. The average molecular weight is 338 g/mol. The summed E-state index contributed by atoms with van der Waals surface area (Å²) >= 11 is 0. The minimum Gasteiger partial charge on any atom is -0.318 e. The SMILES string of the molecule is Cn1cnc2cc(C(=O)N(c3ccc(F)cc3)C3CCCC3)cnc21. The van der Waals surface area contributed by atoms with E-state index >= 15 is 0 Å².